The van der Waals surface area contributed by atoms with E-state index in [0.29, 0.717) is 29.4 Å². The second kappa shape index (κ2) is 5.81. The summed E-state index contributed by atoms with van der Waals surface area (Å²) in [5.74, 6) is 0.501. The van der Waals surface area contributed by atoms with E-state index < -0.39 is 8.07 Å². The van der Waals surface area contributed by atoms with E-state index in [1.165, 1.54) is 4.90 Å². The lowest BCUT2D eigenvalue weighted by Crippen LogP contribution is -2.52. The molecule has 7 unspecified atom stereocenters. The highest BCUT2D eigenvalue weighted by Crippen LogP contribution is 2.71. The van der Waals surface area contributed by atoms with Gasteiger partial charge in [-0.1, -0.05) is 43.9 Å². The molecule has 1 aromatic rings. The van der Waals surface area contributed by atoms with Crippen molar-refractivity contribution in [3.63, 3.8) is 0 Å². The molecule has 0 radical (unpaired) electrons. The Bertz CT molecular complexity index is 1010. The molecule has 2 bridgehead atoms. The van der Waals surface area contributed by atoms with Gasteiger partial charge in [0.25, 0.3) is 0 Å². The number of anilines is 1. The zero-order chi connectivity index (χ0) is 21.0. The van der Waals surface area contributed by atoms with Crippen LogP contribution >= 0.6 is 0 Å². The Morgan fingerprint density at radius 3 is 2.37 bits per heavy atom. The lowest BCUT2D eigenvalue weighted by atomic mass is 9.53. The van der Waals surface area contributed by atoms with Gasteiger partial charge in [-0.3, -0.25) is 19.3 Å². The van der Waals surface area contributed by atoms with Crippen molar-refractivity contribution >= 4 is 31.4 Å². The molecule has 6 rings (SSSR count). The van der Waals surface area contributed by atoms with E-state index in [-0.39, 0.29) is 40.9 Å². The predicted octanol–water partition coefficient (Wildman–Crippen LogP) is 4.45. The molecule has 1 saturated heterocycles. The minimum Gasteiger partial charge on any atom is -0.295 e. The van der Waals surface area contributed by atoms with Crippen molar-refractivity contribution in [2.75, 3.05) is 4.90 Å². The van der Waals surface area contributed by atoms with Crippen molar-refractivity contribution in [2.24, 2.45) is 35.0 Å². The maximum atomic E-state index is 13.5. The monoisotopic (exact) mass is 419 g/mol. The van der Waals surface area contributed by atoms with Crippen molar-refractivity contribution in [3.8, 4) is 0 Å². The fourth-order valence-electron chi connectivity index (χ4n) is 7.86. The molecule has 30 heavy (non-hydrogen) atoms. The van der Waals surface area contributed by atoms with Crippen LogP contribution in [0.15, 0.2) is 42.0 Å². The molecule has 0 aromatic heterocycles. The Morgan fingerprint density at radius 1 is 0.967 bits per heavy atom. The van der Waals surface area contributed by atoms with Crippen LogP contribution in [0.4, 0.5) is 5.69 Å². The third kappa shape index (κ3) is 2.19. The summed E-state index contributed by atoms with van der Waals surface area (Å²) in [4.78, 5) is 41.2. The summed E-state index contributed by atoms with van der Waals surface area (Å²) < 4.78 is 0. The van der Waals surface area contributed by atoms with Crippen LogP contribution in [0.1, 0.15) is 25.7 Å². The number of benzene rings is 1. The number of rotatable bonds is 2. The van der Waals surface area contributed by atoms with Crippen molar-refractivity contribution in [3.05, 3.63) is 42.0 Å². The lowest BCUT2D eigenvalue weighted by molar-refractivity contribution is -0.136. The van der Waals surface area contributed by atoms with Crippen LogP contribution in [0.5, 0.6) is 0 Å². The Morgan fingerprint density at radius 2 is 1.67 bits per heavy atom. The highest BCUT2D eigenvalue weighted by molar-refractivity contribution is 6.77. The first-order valence-electron chi connectivity index (χ1n) is 11.4. The largest absolute Gasteiger partial charge is 0.295 e. The number of para-hydroxylation sites is 1. The quantitative estimate of drug-likeness (QED) is 0.526. The van der Waals surface area contributed by atoms with Gasteiger partial charge in [0.05, 0.1) is 17.5 Å². The molecule has 2 amide bonds. The van der Waals surface area contributed by atoms with Crippen LogP contribution < -0.4 is 4.90 Å². The Labute approximate surface area is 178 Å². The zero-order valence-electron chi connectivity index (χ0n) is 17.9. The predicted molar refractivity (Wildman–Crippen MR) is 117 cm³/mol. The number of fused-ring (bicyclic) bond motifs is 6. The first kappa shape index (κ1) is 18.7. The number of imide groups is 1. The van der Waals surface area contributed by atoms with Crippen LogP contribution in [0.3, 0.4) is 0 Å². The van der Waals surface area contributed by atoms with E-state index in [4.69, 9.17) is 0 Å². The summed E-state index contributed by atoms with van der Waals surface area (Å²) in [5.41, 5.74) is 2.36. The summed E-state index contributed by atoms with van der Waals surface area (Å²) >= 11 is 0. The maximum Gasteiger partial charge on any atom is 0.238 e. The summed E-state index contributed by atoms with van der Waals surface area (Å²) in [6.07, 6.45) is 5.99. The van der Waals surface area contributed by atoms with E-state index in [0.717, 1.165) is 24.8 Å². The molecule has 5 heteroatoms. The van der Waals surface area contributed by atoms with E-state index >= 15 is 0 Å². The standard InChI is InChI=1S/C25H29NO3Si/c1-30(2,3)19-13-25-10-9-18(27)17(25)11-15-20(16(19)12-25)22-21(15)23(28)26(24(22)29)14-7-5-4-6-8-14/h4-8,11,15-16,19-22H,9-10,12-13H2,1-3H3. The molecule has 156 valence electrons. The molecule has 5 aliphatic rings. The van der Waals surface area contributed by atoms with Gasteiger partial charge < -0.3 is 0 Å². The molecule has 1 spiro atoms. The van der Waals surface area contributed by atoms with Crippen molar-refractivity contribution in [2.45, 2.75) is 50.9 Å². The van der Waals surface area contributed by atoms with Gasteiger partial charge in [0, 0.05) is 14.5 Å². The second-order valence-electron chi connectivity index (χ2n) is 11.4. The Kier molecular flexibility index (Phi) is 3.63. The summed E-state index contributed by atoms with van der Waals surface area (Å²) in [6.45, 7) is 7.32. The van der Waals surface area contributed by atoms with Gasteiger partial charge in [-0.25, -0.2) is 0 Å². The molecule has 4 nitrogen and oxygen atoms in total. The third-order valence-electron chi connectivity index (χ3n) is 9.11. The number of carbonyl (C=O) groups excluding carboxylic acids is 3. The van der Waals surface area contributed by atoms with Gasteiger partial charge in [-0.15, -0.1) is 0 Å². The van der Waals surface area contributed by atoms with E-state index in [2.05, 4.69) is 25.7 Å². The van der Waals surface area contributed by atoms with E-state index in [9.17, 15) is 14.4 Å². The van der Waals surface area contributed by atoms with Gasteiger partial charge in [0.15, 0.2) is 5.78 Å². The topological polar surface area (TPSA) is 54.5 Å². The first-order chi connectivity index (χ1) is 14.2. The lowest BCUT2D eigenvalue weighted by Gasteiger charge is -2.50. The number of Topliss-reactive ketones (excluding diaryl/α,β-unsaturated/α-hetero) is 1. The maximum absolute atomic E-state index is 13.5. The highest BCUT2D eigenvalue weighted by atomic mass is 28.3. The SMILES string of the molecule is C[Si](C)(C)C1CC23CCC(=O)C2=CC2C4C(=O)N(c5ccccc5)C(=O)C4C2C1C3. The van der Waals surface area contributed by atoms with Crippen molar-refractivity contribution in [1.29, 1.82) is 0 Å². The molecule has 3 saturated carbocycles. The molecular formula is C25H29NO3Si. The fraction of sp³-hybridized carbons (Fsp3) is 0.560. The summed E-state index contributed by atoms with van der Waals surface area (Å²) in [7, 11) is -1.47. The van der Waals surface area contributed by atoms with Gasteiger partial charge in [0.2, 0.25) is 11.8 Å². The van der Waals surface area contributed by atoms with Gasteiger partial charge in [-0.2, -0.15) is 0 Å². The minimum atomic E-state index is -1.47. The Balaban J connectivity index is 1.46. The normalized spacial score (nSPS) is 41.8. The van der Waals surface area contributed by atoms with Gasteiger partial charge >= 0.3 is 0 Å². The average Bonchev–Trinajstić information content (AvgIpc) is 3.23. The molecule has 4 fully saturated rings. The number of amides is 2. The molecule has 1 heterocycles. The van der Waals surface area contributed by atoms with Crippen LogP contribution in [0, 0.1) is 35.0 Å². The van der Waals surface area contributed by atoms with Crippen LogP contribution in [-0.4, -0.2) is 25.7 Å². The van der Waals surface area contributed by atoms with Gasteiger partial charge in [0.1, 0.15) is 0 Å². The summed E-state index contributed by atoms with van der Waals surface area (Å²) in [6, 6.07) is 9.35. The van der Waals surface area contributed by atoms with Crippen LogP contribution in [-0.2, 0) is 14.4 Å². The van der Waals surface area contributed by atoms with Crippen LogP contribution in [0.25, 0.3) is 0 Å². The second-order valence-corrected chi connectivity index (χ2v) is 16.9. The molecule has 1 aromatic carbocycles. The number of ketones is 1. The number of nitrogens with zero attached hydrogens (tertiary/aromatic N) is 1. The third-order valence-corrected chi connectivity index (χ3v) is 12.0. The van der Waals surface area contributed by atoms with Crippen molar-refractivity contribution < 1.29 is 14.4 Å². The van der Waals surface area contributed by atoms with Gasteiger partial charge in [-0.05, 0) is 65.7 Å². The highest BCUT2D eigenvalue weighted by Gasteiger charge is 2.70. The average molecular weight is 420 g/mol. The fourth-order valence-corrected chi connectivity index (χ4v) is 10.5. The molecule has 1 aliphatic heterocycles. The Hall–Kier alpha value is -2.01. The molecule has 0 N–H and O–H groups in total. The zero-order valence-corrected chi connectivity index (χ0v) is 18.9. The number of carbonyl (C=O) groups is 3. The van der Waals surface area contributed by atoms with Crippen LogP contribution in [0.2, 0.25) is 25.2 Å². The van der Waals surface area contributed by atoms with Crippen molar-refractivity contribution in [1.82, 2.24) is 0 Å². The van der Waals surface area contributed by atoms with E-state index in [1.54, 1.807) is 0 Å². The number of hydrogen-bond acceptors (Lipinski definition) is 3. The smallest absolute Gasteiger partial charge is 0.238 e. The number of hydrogen-bond donors (Lipinski definition) is 0. The minimum absolute atomic E-state index is 0.00971. The molecular weight excluding hydrogens is 390 g/mol. The molecule has 7 atom stereocenters. The summed E-state index contributed by atoms with van der Waals surface area (Å²) in [5, 5.41) is 0. The molecule has 4 aliphatic carbocycles. The van der Waals surface area contributed by atoms with E-state index in [1.807, 2.05) is 30.3 Å². The first-order valence-corrected chi connectivity index (χ1v) is 15.0. The number of allylic oxidation sites excluding steroid dienone is 2.